The predicted molar refractivity (Wildman–Crippen MR) is 77.6 cm³/mol. The van der Waals surface area contributed by atoms with Gasteiger partial charge in [-0.25, -0.2) is 0 Å². The lowest BCUT2D eigenvalue weighted by atomic mass is 10.2. The molecule has 94 valence electrons. The van der Waals surface area contributed by atoms with E-state index < -0.39 is 8.32 Å². The lowest BCUT2D eigenvalue weighted by molar-refractivity contribution is 0.456. The number of hydrogen-bond donors (Lipinski definition) is 0. The van der Waals surface area contributed by atoms with Crippen molar-refractivity contribution in [2.45, 2.75) is 45.3 Å². The van der Waals surface area contributed by atoms with Crippen molar-refractivity contribution in [1.82, 2.24) is 0 Å². The Hall–Kier alpha value is -1.02. The molecule has 0 atom stereocenters. The van der Waals surface area contributed by atoms with Gasteiger partial charge in [0.05, 0.1) is 6.26 Å². The van der Waals surface area contributed by atoms with E-state index in [1.54, 1.807) is 0 Å². The fourth-order valence-electron chi connectivity index (χ4n) is 1.99. The Kier molecular flexibility index (Phi) is 6.05. The summed E-state index contributed by atoms with van der Waals surface area (Å²) < 4.78 is 6.06. The smallest absolute Gasteiger partial charge is 0.249 e. The number of hydrogen-bond acceptors (Lipinski definition) is 1. The van der Waals surface area contributed by atoms with Gasteiger partial charge in [-0.05, 0) is 36.2 Å². The molecular formula is C15H24OSi. The van der Waals surface area contributed by atoms with Crippen molar-refractivity contribution in [3.05, 3.63) is 48.2 Å². The van der Waals surface area contributed by atoms with E-state index in [0.717, 1.165) is 6.42 Å². The van der Waals surface area contributed by atoms with Gasteiger partial charge in [-0.2, -0.15) is 0 Å². The summed E-state index contributed by atoms with van der Waals surface area (Å²) in [5.74, 6) is 0. The summed E-state index contributed by atoms with van der Waals surface area (Å²) >= 11 is 0. The molecule has 1 nitrogen and oxygen atoms in total. The van der Waals surface area contributed by atoms with Gasteiger partial charge in [-0.3, -0.25) is 0 Å². The standard InChI is InChI=1S/C15H24OSi/c1-4-17(5-2,6-3)16-14-10-13-15-11-8-7-9-12-15/h7-12,14H,4-6,13H2,1-3H3/b14-10-. The Morgan fingerprint density at radius 2 is 1.59 bits per heavy atom. The number of allylic oxidation sites excluding steroid dienone is 1. The molecule has 0 N–H and O–H groups in total. The van der Waals surface area contributed by atoms with E-state index in [0.29, 0.717) is 0 Å². The van der Waals surface area contributed by atoms with Gasteiger partial charge in [-0.15, -0.1) is 0 Å². The van der Waals surface area contributed by atoms with Crippen molar-refractivity contribution in [3.63, 3.8) is 0 Å². The number of rotatable bonds is 7. The van der Waals surface area contributed by atoms with Crippen LogP contribution in [0.2, 0.25) is 18.1 Å². The van der Waals surface area contributed by atoms with Crippen LogP contribution < -0.4 is 0 Å². The van der Waals surface area contributed by atoms with Gasteiger partial charge in [0.25, 0.3) is 0 Å². The van der Waals surface area contributed by atoms with Gasteiger partial charge in [-0.1, -0.05) is 51.1 Å². The molecule has 0 amide bonds. The second kappa shape index (κ2) is 7.33. The quantitative estimate of drug-likeness (QED) is 0.499. The molecule has 1 rings (SSSR count). The van der Waals surface area contributed by atoms with Crippen LogP contribution in [0.15, 0.2) is 42.7 Å². The highest BCUT2D eigenvalue weighted by Gasteiger charge is 2.28. The fourth-order valence-corrected chi connectivity index (χ4v) is 4.38. The molecule has 0 spiro atoms. The predicted octanol–water partition coefficient (Wildman–Crippen LogP) is 4.76. The fraction of sp³-hybridized carbons (Fsp3) is 0.467. The summed E-state index contributed by atoms with van der Waals surface area (Å²) in [4.78, 5) is 0. The van der Waals surface area contributed by atoms with Gasteiger partial charge in [0, 0.05) is 0 Å². The van der Waals surface area contributed by atoms with Crippen molar-refractivity contribution in [2.75, 3.05) is 0 Å². The minimum Gasteiger partial charge on any atom is -0.549 e. The van der Waals surface area contributed by atoms with E-state index in [2.05, 4.69) is 51.1 Å². The average molecular weight is 248 g/mol. The highest BCUT2D eigenvalue weighted by molar-refractivity contribution is 6.73. The Labute approximate surface area is 107 Å². The summed E-state index contributed by atoms with van der Waals surface area (Å²) in [7, 11) is -1.44. The molecule has 0 aromatic heterocycles. The third-order valence-corrected chi connectivity index (χ3v) is 8.05. The molecule has 0 saturated heterocycles. The number of benzene rings is 1. The van der Waals surface area contributed by atoms with Gasteiger partial charge >= 0.3 is 0 Å². The van der Waals surface area contributed by atoms with E-state index in [1.165, 1.54) is 23.7 Å². The highest BCUT2D eigenvalue weighted by atomic mass is 28.4. The summed E-state index contributed by atoms with van der Waals surface area (Å²) in [6, 6.07) is 14.1. The van der Waals surface area contributed by atoms with E-state index in [1.807, 2.05) is 12.3 Å². The zero-order chi connectivity index (χ0) is 12.6. The molecule has 17 heavy (non-hydrogen) atoms. The maximum absolute atomic E-state index is 6.06. The molecule has 0 heterocycles. The van der Waals surface area contributed by atoms with Gasteiger partial charge < -0.3 is 4.43 Å². The Morgan fingerprint density at radius 3 is 2.12 bits per heavy atom. The molecule has 1 aromatic rings. The van der Waals surface area contributed by atoms with Gasteiger partial charge in [0.2, 0.25) is 8.32 Å². The van der Waals surface area contributed by atoms with Crippen LogP contribution in [0.3, 0.4) is 0 Å². The Morgan fingerprint density at radius 1 is 1.00 bits per heavy atom. The minimum atomic E-state index is -1.44. The third kappa shape index (κ3) is 4.39. The van der Waals surface area contributed by atoms with Crippen molar-refractivity contribution in [3.8, 4) is 0 Å². The first-order valence-electron chi connectivity index (χ1n) is 6.63. The molecular weight excluding hydrogens is 224 g/mol. The largest absolute Gasteiger partial charge is 0.549 e. The SMILES string of the molecule is CC[Si](CC)(CC)O/C=C\Cc1ccccc1. The van der Waals surface area contributed by atoms with Crippen LogP contribution in [0.4, 0.5) is 0 Å². The molecule has 0 radical (unpaired) electrons. The lowest BCUT2D eigenvalue weighted by Crippen LogP contribution is -2.33. The monoisotopic (exact) mass is 248 g/mol. The second-order valence-electron chi connectivity index (χ2n) is 4.42. The molecule has 0 unspecified atom stereocenters. The van der Waals surface area contributed by atoms with Crippen LogP contribution in [-0.2, 0) is 10.8 Å². The maximum Gasteiger partial charge on any atom is 0.249 e. The van der Waals surface area contributed by atoms with E-state index in [4.69, 9.17) is 4.43 Å². The first-order chi connectivity index (χ1) is 8.26. The molecule has 0 aliphatic heterocycles. The molecule has 0 aliphatic carbocycles. The van der Waals surface area contributed by atoms with Crippen LogP contribution in [0.1, 0.15) is 26.3 Å². The molecule has 1 aromatic carbocycles. The minimum absolute atomic E-state index is 0.961. The topological polar surface area (TPSA) is 9.23 Å². The Balaban J connectivity index is 2.44. The molecule has 0 aliphatic rings. The van der Waals surface area contributed by atoms with Crippen LogP contribution >= 0.6 is 0 Å². The van der Waals surface area contributed by atoms with Crippen molar-refractivity contribution >= 4 is 8.32 Å². The van der Waals surface area contributed by atoms with Crippen LogP contribution in [0, 0.1) is 0 Å². The first-order valence-corrected chi connectivity index (χ1v) is 9.16. The van der Waals surface area contributed by atoms with Crippen LogP contribution in [-0.4, -0.2) is 8.32 Å². The van der Waals surface area contributed by atoms with Crippen molar-refractivity contribution in [2.24, 2.45) is 0 Å². The van der Waals surface area contributed by atoms with Crippen molar-refractivity contribution < 1.29 is 4.43 Å². The third-order valence-electron chi connectivity index (χ3n) is 3.54. The second-order valence-corrected chi connectivity index (χ2v) is 9.15. The van der Waals surface area contributed by atoms with E-state index in [9.17, 15) is 0 Å². The lowest BCUT2D eigenvalue weighted by Gasteiger charge is -2.26. The normalized spacial score (nSPS) is 11.9. The molecule has 0 bridgehead atoms. The molecule has 2 heteroatoms. The van der Waals surface area contributed by atoms with Gasteiger partial charge in [0.1, 0.15) is 0 Å². The zero-order valence-electron chi connectivity index (χ0n) is 11.3. The van der Waals surface area contributed by atoms with E-state index in [-0.39, 0.29) is 0 Å². The van der Waals surface area contributed by atoms with Crippen LogP contribution in [0.5, 0.6) is 0 Å². The summed E-state index contributed by atoms with van der Waals surface area (Å²) in [5, 5.41) is 0. The van der Waals surface area contributed by atoms with Crippen LogP contribution in [0.25, 0.3) is 0 Å². The highest BCUT2D eigenvalue weighted by Crippen LogP contribution is 2.21. The maximum atomic E-state index is 6.06. The van der Waals surface area contributed by atoms with E-state index >= 15 is 0 Å². The first kappa shape index (κ1) is 14.0. The molecule has 0 fully saturated rings. The average Bonchev–Trinajstić information content (AvgIpc) is 2.41. The Bertz CT molecular complexity index is 320. The van der Waals surface area contributed by atoms with Gasteiger partial charge in [0.15, 0.2) is 0 Å². The molecule has 0 saturated carbocycles. The van der Waals surface area contributed by atoms with Crippen molar-refractivity contribution in [1.29, 1.82) is 0 Å². The summed E-state index contributed by atoms with van der Waals surface area (Å²) in [5.41, 5.74) is 1.34. The summed E-state index contributed by atoms with van der Waals surface area (Å²) in [6.07, 6.45) is 5.04. The zero-order valence-corrected chi connectivity index (χ0v) is 12.3. The summed E-state index contributed by atoms with van der Waals surface area (Å²) in [6.45, 7) is 6.76.